The summed E-state index contributed by atoms with van der Waals surface area (Å²) in [6.45, 7) is 1.56. The highest BCUT2D eigenvalue weighted by atomic mass is 35.5. The zero-order valence-corrected chi connectivity index (χ0v) is 13.4. The Balaban J connectivity index is 1.63. The monoisotopic (exact) mass is 334 g/mol. The summed E-state index contributed by atoms with van der Waals surface area (Å²) in [6, 6.07) is 8.89. The Bertz CT molecular complexity index is 701. The van der Waals surface area contributed by atoms with Gasteiger partial charge in [0.1, 0.15) is 5.69 Å². The normalized spacial score (nSPS) is 17.1. The molecule has 0 saturated carbocycles. The number of pyridine rings is 1. The van der Waals surface area contributed by atoms with Crippen LogP contribution in [-0.4, -0.2) is 41.9 Å². The maximum Gasteiger partial charge on any atom is 0.269 e. The Kier molecular flexibility index (Phi) is 5.10. The van der Waals surface area contributed by atoms with Gasteiger partial charge in [0.05, 0.1) is 11.6 Å². The van der Waals surface area contributed by atoms with Gasteiger partial charge in [-0.15, -0.1) is 0 Å². The largest absolute Gasteiger partial charge is 0.391 e. The molecule has 1 saturated heterocycles. The van der Waals surface area contributed by atoms with Crippen molar-refractivity contribution < 1.29 is 14.6 Å². The van der Waals surface area contributed by atoms with E-state index in [-0.39, 0.29) is 18.4 Å². The summed E-state index contributed by atoms with van der Waals surface area (Å²) in [5, 5.41) is 14.4. The Morgan fingerprint density at radius 1 is 1.35 bits per heavy atom. The van der Waals surface area contributed by atoms with Gasteiger partial charge in [-0.05, 0) is 37.0 Å². The lowest BCUT2D eigenvalue weighted by atomic mass is 9.94. The zero-order valence-electron chi connectivity index (χ0n) is 12.7. The second-order valence-corrected chi connectivity index (χ2v) is 6.20. The number of aliphatic hydroxyl groups is 1. The molecular formula is C17H19ClN2O3. The van der Waals surface area contributed by atoms with Gasteiger partial charge in [0.15, 0.2) is 0 Å². The minimum atomic E-state index is -0.558. The van der Waals surface area contributed by atoms with Crippen molar-refractivity contribution in [3.05, 3.63) is 41.0 Å². The van der Waals surface area contributed by atoms with Crippen LogP contribution >= 0.6 is 11.6 Å². The number of hydrogen-bond donors (Lipinski definition) is 2. The molecule has 0 aliphatic carbocycles. The molecule has 0 unspecified atom stereocenters. The minimum absolute atomic E-state index is 0.174. The van der Waals surface area contributed by atoms with Gasteiger partial charge in [0.2, 0.25) is 0 Å². The van der Waals surface area contributed by atoms with Crippen molar-refractivity contribution in [3.8, 4) is 0 Å². The van der Waals surface area contributed by atoms with Crippen molar-refractivity contribution in [1.29, 1.82) is 0 Å². The van der Waals surface area contributed by atoms with Crippen LogP contribution in [0, 0.1) is 5.92 Å². The van der Waals surface area contributed by atoms with Gasteiger partial charge < -0.3 is 15.2 Å². The average molecular weight is 335 g/mol. The predicted molar refractivity (Wildman–Crippen MR) is 88.6 cm³/mol. The van der Waals surface area contributed by atoms with Crippen molar-refractivity contribution in [3.63, 3.8) is 0 Å². The van der Waals surface area contributed by atoms with E-state index in [2.05, 4.69) is 10.3 Å². The van der Waals surface area contributed by atoms with Gasteiger partial charge in [0.25, 0.3) is 5.91 Å². The standard InChI is InChI=1S/C17H19ClN2O3/c18-13-3-1-11-2-4-14(20-15(11)9-13)17(22)19-10-16(21)12-5-7-23-8-6-12/h1-4,9,12,16,21H,5-8,10H2,(H,19,22)/t16-/m1/s1. The smallest absolute Gasteiger partial charge is 0.269 e. The highest BCUT2D eigenvalue weighted by molar-refractivity contribution is 6.31. The van der Waals surface area contributed by atoms with Crippen LogP contribution in [0.15, 0.2) is 30.3 Å². The SMILES string of the molecule is O=C(NC[C@@H](O)C1CCOCC1)c1ccc2ccc(Cl)cc2n1. The molecule has 5 nitrogen and oxygen atoms in total. The quantitative estimate of drug-likeness (QED) is 0.900. The van der Waals surface area contributed by atoms with Crippen molar-refractivity contribution in [2.24, 2.45) is 5.92 Å². The number of benzene rings is 1. The minimum Gasteiger partial charge on any atom is -0.391 e. The van der Waals surface area contributed by atoms with E-state index in [1.165, 1.54) is 0 Å². The number of fused-ring (bicyclic) bond motifs is 1. The fourth-order valence-electron chi connectivity index (χ4n) is 2.77. The first kappa shape index (κ1) is 16.2. The number of amides is 1. The molecule has 1 aromatic carbocycles. The van der Waals surface area contributed by atoms with Gasteiger partial charge in [-0.1, -0.05) is 23.7 Å². The number of nitrogens with zero attached hydrogens (tertiary/aromatic N) is 1. The molecule has 1 amide bonds. The molecule has 0 spiro atoms. The highest BCUT2D eigenvalue weighted by Crippen LogP contribution is 2.19. The maximum atomic E-state index is 12.2. The lowest BCUT2D eigenvalue weighted by Gasteiger charge is -2.26. The maximum absolute atomic E-state index is 12.2. The molecule has 1 aromatic heterocycles. The first-order valence-corrected chi connectivity index (χ1v) is 8.11. The van der Waals surface area contributed by atoms with Crippen LogP contribution in [0.25, 0.3) is 10.9 Å². The van der Waals surface area contributed by atoms with Crippen LogP contribution in [0.1, 0.15) is 23.3 Å². The van der Waals surface area contributed by atoms with Crippen LogP contribution < -0.4 is 5.32 Å². The molecule has 1 atom stereocenters. The number of aliphatic hydroxyl groups excluding tert-OH is 1. The molecule has 2 N–H and O–H groups in total. The summed E-state index contributed by atoms with van der Waals surface area (Å²) in [7, 11) is 0. The topological polar surface area (TPSA) is 71.5 Å². The number of aromatic nitrogens is 1. The molecule has 0 radical (unpaired) electrons. The molecular weight excluding hydrogens is 316 g/mol. The predicted octanol–water partition coefficient (Wildman–Crippen LogP) is 2.41. The second kappa shape index (κ2) is 7.25. The average Bonchev–Trinajstić information content (AvgIpc) is 2.59. The number of ether oxygens (including phenoxy) is 1. The van der Waals surface area contributed by atoms with Gasteiger partial charge >= 0.3 is 0 Å². The summed E-state index contributed by atoms with van der Waals surface area (Å²) in [6.07, 6.45) is 1.09. The lowest BCUT2D eigenvalue weighted by Crippen LogP contribution is -2.38. The molecule has 3 rings (SSSR count). The third-order valence-corrected chi connectivity index (χ3v) is 4.40. The summed E-state index contributed by atoms with van der Waals surface area (Å²) >= 11 is 5.96. The van der Waals surface area contributed by atoms with Crippen LogP contribution in [0.3, 0.4) is 0 Å². The van der Waals surface area contributed by atoms with Crippen LogP contribution in [0.4, 0.5) is 0 Å². The van der Waals surface area contributed by atoms with Crippen molar-refractivity contribution in [2.45, 2.75) is 18.9 Å². The number of carbonyl (C=O) groups is 1. The van der Waals surface area contributed by atoms with Gasteiger partial charge in [-0.3, -0.25) is 4.79 Å². The lowest BCUT2D eigenvalue weighted by molar-refractivity contribution is 0.00871. The number of halogens is 1. The summed E-state index contributed by atoms with van der Waals surface area (Å²) in [5.41, 5.74) is 0.995. The van der Waals surface area contributed by atoms with Crippen molar-refractivity contribution in [2.75, 3.05) is 19.8 Å². The molecule has 23 heavy (non-hydrogen) atoms. The van der Waals surface area contributed by atoms with Crippen molar-refractivity contribution in [1.82, 2.24) is 10.3 Å². The molecule has 122 valence electrons. The Morgan fingerprint density at radius 2 is 2.09 bits per heavy atom. The van der Waals surface area contributed by atoms with E-state index < -0.39 is 6.10 Å². The van der Waals surface area contributed by atoms with E-state index in [0.29, 0.717) is 29.4 Å². The van der Waals surface area contributed by atoms with Crippen molar-refractivity contribution >= 4 is 28.4 Å². The van der Waals surface area contributed by atoms with Gasteiger partial charge in [0, 0.05) is 30.2 Å². The second-order valence-electron chi connectivity index (χ2n) is 5.76. The van der Waals surface area contributed by atoms with E-state index in [0.717, 1.165) is 18.2 Å². The molecule has 0 bridgehead atoms. The third kappa shape index (κ3) is 3.99. The summed E-state index contributed by atoms with van der Waals surface area (Å²) < 4.78 is 5.28. The van der Waals surface area contributed by atoms with Crippen LogP contribution in [0.5, 0.6) is 0 Å². The fraction of sp³-hybridized carbons (Fsp3) is 0.412. The van der Waals surface area contributed by atoms with E-state index in [9.17, 15) is 9.90 Å². The molecule has 1 aliphatic heterocycles. The van der Waals surface area contributed by atoms with Gasteiger partial charge in [-0.2, -0.15) is 0 Å². The first-order valence-electron chi connectivity index (χ1n) is 7.74. The Morgan fingerprint density at radius 3 is 2.87 bits per heavy atom. The Labute approximate surface area is 139 Å². The highest BCUT2D eigenvalue weighted by Gasteiger charge is 2.22. The first-order chi connectivity index (χ1) is 11.1. The van der Waals surface area contributed by atoms with E-state index in [1.807, 2.05) is 12.1 Å². The molecule has 1 fully saturated rings. The third-order valence-electron chi connectivity index (χ3n) is 4.17. The summed E-state index contributed by atoms with van der Waals surface area (Å²) in [5.74, 6) is -0.120. The van der Waals surface area contributed by atoms with Gasteiger partial charge in [-0.25, -0.2) is 4.98 Å². The number of nitrogens with one attached hydrogen (secondary N) is 1. The number of carbonyl (C=O) groups excluding carboxylic acids is 1. The Hall–Kier alpha value is -1.69. The zero-order chi connectivity index (χ0) is 16.2. The van der Waals surface area contributed by atoms with Crippen LogP contribution in [0.2, 0.25) is 5.02 Å². The fourth-order valence-corrected chi connectivity index (χ4v) is 2.94. The molecule has 1 aliphatic rings. The summed E-state index contributed by atoms with van der Waals surface area (Å²) in [4.78, 5) is 16.5. The van der Waals surface area contributed by atoms with E-state index in [1.54, 1.807) is 18.2 Å². The number of hydrogen-bond acceptors (Lipinski definition) is 4. The van der Waals surface area contributed by atoms with Crippen LogP contribution in [-0.2, 0) is 4.74 Å². The van der Waals surface area contributed by atoms with E-state index in [4.69, 9.17) is 16.3 Å². The molecule has 2 heterocycles. The number of rotatable bonds is 4. The van der Waals surface area contributed by atoms with E-state index >= 15 is 0 Å². The molecule has 6 heteroatoms. The molecule has 2 aromatic rings.